The molecule has 0 spiro atoms. The lowest BCUT2D eigenvalue weighted by atomic mass is 10.1. The van der Waals surface area contributed by atoms with Gasteiger partial charge in [-0.05, 0) is 36.9 Å². The second-order valence-corrected chi connectivity index (χ2v) is 7.44. The molecule has 2 aromatic rings. The number of aromatic hydroxyl groups is 1. The van der Waals surface area contributed by atoms with Gasteiger partial charge in [-0.25, -0.2) is 4.99 Å². The molecule has 0 unspecified atom stereocenters. The zero-order valence-electron chi connectivity index (χ0n) is 14.8. The summed E-state index contributed by atoms with van der Waals surface area (Å²) < 4.78 is 5.24. The van der Waals surface area contributed by atoms with Crippen LogP contribution in [0.5, 0.6) is 11.5 Å². The number of nitrogens with one attached hydrogen (secondary N) is 1. The highest BCUT2D eigenvalue weighted by atomic mass is 35.5. The number of rotatable bonds is 5. The number of nitrogens with zero attached hydrogens (tertiary/aromatic N) is 2. The Kier molecular flexibility index (Phi) is 6.31. The SMILES string of the molecule is CCOc1cc([N+](=O)[O-])cc(/C=C2/SC(=Nc3cccc(Cl)c3Cl)NC2=O)c1O. The zero-order valence-corrected chi connectivity index (χ0v) is 17.1. The maximum Gasteiger partial charge on any atom is 0.274 e. The van der Waals surface area contributed by atoms with Gasteiger partial charge in [-0.3, -0.25) is 14.9 Å². The molecule has 1 aliphatic rings. The highest BCUT2D eigenvalue weighted by Gasteiger charge is 2.26. The number of thioether (sulfide) groups is 1. The molecule has 0 aliphatic carbocycles. The molecule has 29 heavy (non-hydrogen) atoms. The number of ether oxygens (including phenoxy) is 1. The average Bonchev–Trinajstić information content (AvgIpc) is 3.01. The van der Waals surface area contributed by atoms with E-state index >= 15 is 0 Å². The van der Waals surface area contributed by atoms with E-state index in [9.17, 15) is 20.0 Å². The molecule has 1 aliphatic heterocycles. The number of nitro benzene ring substituents is 1. The highest BCUT2D eigenvalue weighted by Crippen LogP contribution is 2.39. The Balaban J connectivity index is 1.97. The normalized spacial score (nSPS) is 16.3. The van der Waals surface area contributed by atoms with Crippen molar-refractivity contribution in [3.05, 3.63) is 61.0 Å². The van der Waals surface area contributed by atoms with E-state index in [0.717, 1.165) is 23.9 Å². The first-order valence-electron chi connectivity index (χ1n) is 8.18. The van der Waals surface area contributed by atoms with Crippen LogP contribution in [0.2, 0.25) is 10.0 Å². The second-order valence-electron chi connectivity index (χ2n) is 5.63. The molecule has 1 saturated heterocycles. The van der Waals surface area contributed by atoms with Gasteiger partial charge in [-0.15, -0.1) is 0 Å². The molecular formula is C18H13Cl2N3O5S. The third kappa shape index (κ3) is 4.64. The summed E-state index contributed by atoms with van der Waals surface area (Å²) in [6.07, 6.45) is 1.33. The van der Waals surface area contributed by atoms with Crippen molar-refractivity contribution in [3.63, 3.8) is 0 Å². The van der Waals surface area contributed by atoms with Crippen LogP contribution in [0.4, 0.5) is 11.4 Å². The van der Waals surface area contributed by atoms with Crippen molar-refractivity contribution < 1.29 is 19.6 Å². The summed E-state index contributed by atoms with van der Waals surface area (Å²) in [7, 11) is 0. The van der Waals surface area contributed by atoms with Gasteiger partial charge in [0.1, 0.15) is 0 Å². The smallest absolute Gasteiger partial charge is 0.274 e. The van der Waals surface area contributed by atoms with Crippen molar-refractivity contribution in [3.8, 4) is 11.5 Å². The maximum atomic E-state index is 12.3. The number of hydrogen-bond acceptors (Lipinski definition) is 7. The van der Waals surface area contributed by atoms with Crippen LogP contribution in [0.25, 0.3) is 6.08 Å². The van der Waals surface area contributed by atoms with Gasteiger partial charge < -0.3 is 15.2 Å². The van der Waals surface area contributed by atoms with E-state index in [4.69, 9.17) is 27.9 Å². The second kappa shape index (κ2) is 8.73. The maximum absolute atomic E-state index is 12.3. The fourth-order valence-electron chi connectivity index (χ4n) is 2.41. The molecule has 0 saturated carbocycles. The fourth-order valence-corrected chi connectivity index (χ4v) is 3.57. The lowest BCUT2D eigenvalue weighted by molar-refractivity contribution is -0.385. The summed E-state index contributed by atoms with van der Waals surface area (Å²) in [5.41, 5.74) is 0.170. The molecular weight excluding hydrogens is 441 g/mol. The molecule has 0 aromatic heterocycles. The Morgan fingerprint density at radius 1 is 1.38 bits per heavy atom. The monoisotopic (exact) mass is 453 g/mol. The molecule has 1 fully saturated rings. The van der Waals surface area contributed by atoms with Gasteiger partial charge in [0.25, 0.3) is 11.6 Å². The highest BCUT2D eigenvalue weighted by molar-refractivity contribution is 8.18. The number of hydrogen-bond donors (Lipinski definition) is 2. The number of halogens is 2. The number of non-ortho nitro benzene ring substituents is 1. The summed E-state index contributed by atoms with van der Waals surface area (Å²) in [5, 5.41) is 24.9. The van der Waals surface area contributed by atoms with Crippen molar-refractivity contribution in [2.75, 3.05) is 6.61 Å². The largest absolute Gasteiger partial charge is 0.504 e. The van der Waals surface area contributed by atoms with Crippen molar-refractivity contribution in [1.29, 1.82) is 0 Å². The van der Waals surface area contributed by atoms with Crippen molar-refractivity contribution in [2.24, 2.45) is 4.99 Å². The predicted molar refractivity (Wildman–Crippen MR) is 113 cm³/mol. The van der Waals surface area contributed by atoms with Crippen molar-refractivity contribution >= 4 is 63.5 Å². The minimum Gasteiger partial charge on any atom is -0.504 e. The topological polar surface area (TPSA) is 114 Å². The number of nitro groups is 1. The molecule has 8 nitrogen and oxygen atoms in total. The standard InChI is InChI=1S/C18H13Cl2N3O5S/c1-2-28-13-8-10(23(26)27)6-9(16(13)24)7-14-17(25)22-18(29-14)21-12-5-3-4-11(19)15(12)20/h3-8,24H,2H2,1H3,(H,21,22,25)/b14-7+. The Hall–Kier alpha value is -2.75. The lowest BCUT2D eigenvalue weighted by Crippen LogP contribution is -2.19. The van der Waals surface area contributed by atoms with E-state index < -0.39 is 10.8 Å². The van der Waals surface area contributed by atoms with Crippen LogP contribution in [0, 0.1) is 10.1 Å². The zero-order chi connectivity index (χ0) is 21.1. The molecule has 1 amide bonds. The van der Waals surface area contributed by atoms with Crippen LogP contribution in [0.1, 0.15) is 12.5 Å². The molecule has 150 valence electrons. The number of aliphatic imine (C=N–C) groups is 1. The first kappa shape index (κ1) is 21.0. The number of phenolic OH excluding ortho intramolecular Hbond substituents is 1. The van der Waals surface area contributed by atoms with Crippen molar-refractivity contribution in [1.82, 2.24) is 5.32 Å². The average molecular weight is 454 g/mol. The van der Waals surface area contributed by atoms with Crippen LogP contribution < -0.4 is 10.1 Å². The molecule has 2 N–H and O–H groups in total. The van der Waals surface area contributed by atoms with Crippen molar-refractivity contribution in [2.45, 2.75) is 6.92 Å². The van der Waals surface area contributed by atoms with E-state index in [1.165, 1.54) is 6.08 Å². The minimum absolute atomic E-state index is 0.0449. The number of carbonyl (C=O) groups excluding carboxylic acids is 1. The Labute approximate surface area is 179 Å². The number of amidine groups is 1. The number of benzene rings is 2. The summed E-state index contributed by atoms with van der Waals surface area (Å²) in [6.45, 7) is 1.89. The van der Waals surface area contributed by atoms with Gasteiger partial charge in [-0.2, -0.15) is 0 Å². The van der Waals surface area contributed by atoms with Crippen LogP contribution in [-0.2, 0) is 4.79 Å². The first-order chi connectivity index (χ1) is 13.8. The van der Waals surface area contributed by atoms with Gasteiger partial charge in [0.15, 0.2) is 16.7 Å². The van der Waals surface area contributed by atoms with Gasteiger partial charge in [-0.1, -0.05) is 29.3 Å². The van der Waals surface area contributed by atoms with E-state index in [1.54, 1.807) is 25.1 Å². The van der Waals surface area contributed by atoms with Crippen LogP contribution in [0.15, 0.2) is 40.2 Å². The Morgan fingerprint density at radius 2 is 2.14 bits per heavy atom. The third-order valence-corrected chi connectivity index (χ3v) is 5.41. The van der Waals surface area contributed by atoms with Gasteiger partial charge in [0, 0.05) is 11.6 Å². The number of phenols is 1. The number of carbonyl (C=O) groups is 1. The molecule has 0 atom stereocenters. The Bertz CT molecular complexity index is 1070. The first-order valence-corrected chi connectivity index (χ1v) is 9.75. The third-order valence-electron chi connectivity index (χ3n) is 3.69. The summed E-state index contributed by atoms with van der Waals surface area (Å²) in [4.78, 5) is 27.3. The minimum atomic E-state index is -0.611. The van der Waals surface area contributed by atoms with Gasteiger partial charge in [0.2, 0.25) is 0 Å². The molecule has 2 aromatic carbocycles. The molecule has 0 bridgehead atoms. The number of amides is 1. The van der Waals surface area contributed by atoms with E-state index in [0.29, 0.717) is 10.7 Å². The van der Waals surface area contributed by atoms with E-state index in [-0.39, 0.29) is 44.5 Å². The Morgan fingerprint density at radius 3 is 2.83 bits per heavy atom. The molecule has 11 heteroatoms. The summed E-state index contributed by atoms with van der Waals surface area (Å²) in [6, 6.07) is 7.19. The van der Waals surface area contributed by atoms with Crippen LogP contribution in [-0.4, -0.2) is 27.7 Å². The van der Waals surface area contributed by atoms with E-state index in [2.05, 4.69) is 10.3 Å². The fraction of sp³-hybridized carbons (Fsp3) is 0.111. The van der Waals surface area contributed by atoms with Gasteiger partial charge in [0.05, 0.1) is 38.2 Å². The molecule has 0 radical (unpaired) electrons. The predicted octanol–water partition coefficient (Wildman–Crippen LogP) is 4.90. The van der Waals surface area contributed by atoms with Gasteiger partial charge >= 0.3 is 0 Å². The van der Waals surface area contributed by atoms with E-state index in [1.807, 2.05) is 0 Å². The lowest BCUT2D eigenvalue weighted by Gasteiger charge is -2.08. The summed E-state index contributed by atoms with van der Waals surface area (Å²) in [5.74, 6) is -0.825. The summed E-state index contributed by atoms with van der Waals surface area (Å²) >= 11 is 13.1. The van der Waals surface area contributed by atoms with Crippen LogP contribution in [0.3, 0.4) is 0 Å². The molecule has 3 rings (SSSR count). The molecule has 1 heterocycles. The van der Waals surface area contributed by atoms with Crippen LogP contribution >= 0.6 is 35.0 Å². The quantitative estimate of drug-likeness (QED) is 0.378.